The van der Waals surface area contributed by atoms with Gasteiger partial charge in [-0.25, -0.2) is 4.79 Å². The smallest absolute Gasteiger partial charge is 0.326 e. The first-order valence-corrected chi connectivity index (χ1v) is 14.2. The SMILES string of the molecule is CCC(C)C(NC(=O)C(CCCN=C(N)N)NC(=O)C(CCCN=C(N)N)NC(=O)C(N)CCSC)C(=O)O. The van der Waals surface area contributed by atoms with Crippen LogP contribution in [0.3, 0.4) is 0 Å². The largest absolute Gasteiger partial charge is 0.480 e. The van der Waals surface area contributed by atoms with Crippen molar-refractivity contribution in [2.75, 3.05) is 25.1 Å². The van der Waals surface area contributed by atoms with Crippen LogP contribution in [-0.2, 0) is 19.2 Å². The van der Waals surface area contributed by atoms with Gasteiger partial charge < -0.3 is 49.7 Å². The summed E-state index contributed by atoms with van der Waals surface area (Å²) in [5.74, 6) is -2.93. The Morgan fingerprint density at radius 1 is 0.821 bits per heavy atom. The zero-order valence-electron chi connectivity index (χ0n) is 23.0. The molecule has 224 valence electrons. The standard InChI is InChI=1S/C23H46N10O5S/c1-4-13(2)17(21(37)38)33-20(36)16(8-6-11-30-23(27)28)32-19(35)15(7-5-10-29-22(25)26)31-18(34)14(24)9-12-39-3/h13-17H,4-12,24H2,1-3H3,(H,31,34)(H,32,35)(H,33,36)(H,37,38)(H4,25,26,29)(H4,27,28,30). The number of hydrogen-bond acceptors (Lipinski definition) is 8. The molecule has 0 heterocycles. The number of carboxylic acids is 1. The van der Waals surface area contributed by atoms with E-state index < -0.39 is 47.9 Å². The molecule has 0 saturated heterocycles. The molecule has 0 spiro atoms. The van der Waals surface area contributed by atoms with Crippen LogP contribution in [0.25, 0.3) is 0 Å². The maximum absolute atomic E-state index is 13.3. The number of carboxylic acid groups (broad SMARTS) is 1. The minimum atomic E-state index is -1.19. The molecular formula is C23H46N10O5S. The highest BCUT2D eigenvalue weighted by Crippen LogP contribution is 2.10. The number of nitrogens with two attached hydrogens (primary N) is 5. The maximum Gasteiger partial charge on any atom is 0.326 e. The molecule has 14 N–H and O–H groups in total. The highest BCUT2D eigenvalue weighted by Gasteiger charge is 2.31. The average Bonchev–Trinajstić information content (AvgIpc) is 2.87. The van der Waals surface area contributed by atoms with Gasteiger partial charge in [-0.05, 0) is 50.0 Å². The van der Waals surface area contributed by atoms with E-state index >= 15 is 0 Å². The van der Waals surface area contributed by atoms with Crippen molar-refractivity contribution in [3.63, 3.8) is 0 Å². The van der Waals surface area contributed by atoms with E-state index in [9.17, 15) is 24.3 Å². The Bertz CT molecular complexity index is 849. The van der Waals surface area contributed by atoms with Gasteiger partial charge in [0.15, 0.2) is 11.9 Å². The number of aliphatic carboxylic acids is 1. The number of carbonyl (C=O) groups excluding carboxylic acids is 3. The van der Waals surface area contributed by atoms with Gasteiger partial charge in [0.05, 0.1) is 6.04 Å². The molecule has 3 amide bonds. The molecule has 0 saturated carbocycles. The maximum atomic E-state index is 13.3. The van der Waals surface area contributed by atoms with Crippen molar-refractivity contribution in [1.82, 2.24) is 16.0 Å². The Labute approximate surface area is 233 Å². The Kier molecular flexibility index (Phi) is 18.1. The molecule has 0 bridgehead atoms. The van der Waals surface area contributed by atoms with Gasteiger partial charge in [0.25, 0.3) is 0 Å². The minimum absolute atomic E-state index is 0.106. The van der Waals surface area contributed by atoms with Crippen molar-refractivity contribution < 1.29 is 24.3 Å². The Hall–Kier alpha value is -3.27. The summed E-state index contributed by atoms with van der Waals surface area (Å²) < 4.78 is 0. The monoisotopic (exact) mass is 574 g/mol. The molecule has 15 nitrogen and oxygen atoms in total. The molecule has 0 aromatic carbocycles. The van der Waals surface area contributed by atoms with Crippen LogP contribution in [0.4, 0.5) is 0 Å². The van der Waals surface area contributed by atoms with Crippen molar-refractivity contribution in [2.24, 2.45) is 44.6 Å². The van der Waals surface area contributed by atoms with Gasteiger partial charge in [0.1, 0.15) is 18.1 Å². The second-order valence-electron chi connectivity index (χ2n) is 9.12. The quantitative estimate of drug-likeness (QED) is 0.0425. The molecule has 39 heavy (non-hydrogen) atoms. The first-order valence-electron chi connectivity index (χ1n) is 12.8. The predicted molar refractivity (Wildman–Crippen MR) is 154 cm³/mol. The number of aliphatic imine (C=N–C) groups is 2. The van der Waals surface area contributed by atoms with Crippen LogP contribution in [0.15, 0.2) is 9.98 Å². The van der Waals surface area contributed by atoms with Crippen molar-refractivity contribution in [1.29, 1.82) is 0 Å². The second kappa shape index (κ2) is 19.7. The summed E-state index contributed by atoms with van der Waals surface area (Å²) in [4.78, 5) is 58.6. The van der Waals surface area contributed by atoms with Gasteiger partial charge in [-0.3, -0.25) is 24.4 Å². The van der Waals surface area contributed by atoms with Crippen LogP contribution < -0.4 is 44.6 Å². The van der Waals surface area contributed by atoms with Crippen LogP contribution in [-0.4, -0.2) is 90.0 Å². The molecule has 16 heteroatoms. The van der Waals surface area contributed by atoms with Gasteiger partial charge >= 0.3 is 5.97 Å². The molecule has 0 fully saturated rings. The second-order valence-corrected chi connectivity index (χ2v) is 10.1. The fourth-order valence-electron chi connectivity index (χ4n) is 3.41. The van der Waals surface area contributed by atoms with Crippen LogP contribution in [0, 0.1) is 5.92 Å². The third kappa shape index (κ3) is 15.7. The molecule has 0 aliphatic carbocycles. The minimum Gasteiger partial charge on any atom is -0.480 e. The van der Waals surface area contributed by atoms with Gasteiger partial charge in [-0.15, -0.1) is 0 Å². The van der Waals surface area contributed by atoms with E-state index in [1.54, 1.807) is 13.8 Å². The molecule has 0 aliphatic heterocycles. The molecule has 0 rings (SSSR count). The third-order valence-electron chi connectivity index (χ3n) is 5.90. The number of nitrogens with one attached hydrogen (secondary N) is 3. The zero-order valence-corrected chi connectivity index (χ0v) is 23.8. The molecule has 0 aromatic heterocycles. The van der Waals surface area contributed by atoms with E-state index in [0.717, 1.165) is 0 Å². The number of amides is 3. The van der Waals surface area contributed by atoms with Crippen molar-refractivity contribution >= 4 is 47.4 Å². The van der Waals surface area contributed by atoms with Gasteiger partial charge in [-0.2, -0.15) is 11.8 Å². The number of thioether (sulfide) groups is 1. The molecule has 5 unspecified atom stereocenters. The summed E-state index contributed by atoms with van der Waals surface area (Å²) in [6.45, 7) is 3.92. The highest BCUT2D eigenvalue weighted by molar-refractivity contribution is 7.98. The van der Waals surface area contributed by atoms with E-state index in [1.807, 2.05) is 6.26 Å². The lowest BCUT2D eigenvalue weighted by Gasteiger charge is -2.26. The average molecular weight is 575 g/mol. The molecule has 0 aliphatic rings. The first kappa shape index (κ1) is 35.7. The van der Waals surface area contributed by atoms with Crippen LogP contribution in [0.1, 0.15) is 52.4 Å². The molecule has 0 aromatic rings. The first-order chi connectivity index (χ1) is 18.3. The number of carbonyl (C=O) groups is 4. The van der Waals surface area contributed by atoms with E-state index in [2.05, 4.69) is 25.9 Å². The van der Waals surface area contributed by atoms with Crippen LogP contribution in [0.5, 0.6) is 0 Å². The normalized spacial score (nSPS) is 14.6. The van der Waals surface area contributed by atoms with E-state index in [4.69, 9.17) is 28.7 Å². The van der Waals surface area contributed by atoms with E-state index in [-0.39, 0.29) is 43.8 Å². The summed E-state index contributed by atoms with van der Waals surface area (Å²) in [5.41, 5.74) is 27.4. The lowest BCUT2D eigenvalue weighted by molar-refractivity contribution is -0.144. The topological polar surface area (TPSA) is 279 Å². The van der Waals surface area contributed by atoms with Crippen LogP contribution in [0.2, 0.25) is 0 Å². The van der Waals surface area contributed by atoms with Crippen molar-refractivity contribution in [3.05, 3.63) is 0 Å². The lowest BCUT2D eigenvalue weighted by atomic mass is 9.98. The van der Waals surface area contributed by atoms with Gasteiger partial charge in [-0.1, -0.05) is 20.3 Å². The zero-order chi connectivity index (χ0) is 30.0. The van der Waals surface area contributed by atoms with Crippen molar-refractivity contribution in [2.45, 2.75) is 76.5 Å². The summed E-state index contributed by atoms with van der Waals surface area (Å²) >= 11 is 1.54. The Morgan fingerprint density at radius 3 is 1.69 bits per heavy atom. The van der Waals surface area contributed by atoms with E-state index in [0.29, 0.717) is 31.4 Å². The van der Waals surface area contributed by atoms with Crippen LogP contribution >= 0.6 is 11.8 Å². The highest BCUT2D eigenvalue weighted by atomic mass is 32.2. The predicted octanol–water partition coefficient (Wildman–Crippen LogP) is -2.24. The Balaban J connectivity index is 5.77. The summed E-state index contributed by atoms with van der Waals surface area (Å²) in [6.07, 6.45) is 3.76. The van der Waals surface area contributed by atoms with E-state index in [1.165, 1.54) is 11.8 Å². The third-order valence-corrected chi connectivity index (χ3v) is 6.55. The molecule has 5 atom stereocenters. The lowest BCUT2D eigenvalue weighted by Crippen LogP contribution is -2.57. The number of rotatable bonds is 20. The fraction of sp³-hybridized carbons (Fsp3) is 0.739. The molecule has 0 radical (unpaired) electrons. The van der Waals surface area contributed by atoms with Gasteiger partial charge in [0.2, 0.25) is 17.7 Å². The molecular weight excluding hydrogens is 528 g/mol. The van der Waals surface area contributed by atoms with Gasteiger partial charge in [0, 0.05) is 13.1 Å². The summed E-state index contributed by atoms with van der Waals surface area (Å²) in [6, 6.07) is -4.12. The fourth-order valence-corrected chi connectivity index (χ4v) is 3.90. The number of guanidine groups is 2. The summed E-state index contributed by atoms with van der Waals surface area (Å²) in [7, 11) is 0. The number of nitrogens with zero attached hydrogens (tertiary/aromatic N) is 2. The summed E-state index contributed by atoms with van der Waals surface area (Å²) in [5, 5.41) is 17.4. The number of hydrogen-bond donors (Lipinski definition) is 9. The van der Waals surface area contributed by atoms with Crippen molar-refractivity contribution in [3.8, 4) is 0 Å². The Morgan fingerprint density at radius 2 is 1.28 bits per heavy atom.